The monoisotopic (exact) mass is 283 g/mol. The summed E-state index contributed by atoms with van der Waals surface area (Å²) in [5.74, 6) is -0.310. The molecule has 1 N–H and O–H groups in total. The van der Waals surface area contributed by atoms with Gasteiger partial charge in [0.2, 0.25) is 11.7 Å². The Balaban J connectivity index is 2.00. The number of aromatic amines is 1. The predicted octanol–water partition coefficient (Wildman–Crippen LogP) is 1.63. The van der Waals surface area contributed by atoms with Crippen molar-refractivity contribution in [3.63, 3.8) is 0 Å². The summed E-state index contributed by atoms with van der Waals surface area (Å²) < 4.78 is 1.45. The van der Waals surface area contributed by atoms with Gasteiger partial charge in [-0.15, -0.1) is 20.8 Å². The average Bonchev–Trinajstić information content (AvgIpc) is 3.07. The number of benzene rings is 1. The topological polar surface area (TPSA) is 55.4 Å². The number of rotatable bonds is 1. The van der Waals surface area contributed by atoms with Crippen molar-refractivity contribution in [3.8, 4) is 0 Å². The van der Waals surface area contributed by atoms with Crippen molar-refractivity contribution in [1.29, 1.82) is 0 Å². The van der Waals surface area contributed by atoms with Gasteiger partial charge in [-0.1, -0.05) is 12.1 Å². The Hall–Kier alpha value is -2.60. The number of carbonyl (C=O) groups excluding carboxylic acids is 2. The van der Waals surface area contributed by atoms with Gasteiger partial charge in [0.05, 0.1) is 0 Å². The van der Waals surface area contributed by atoms with Crippen molar-refractivity contribution in [2.24, 2.45) is 0 Å². The fourth-order valence-electron chi connectivity index (χ4n) is 2.41. The van der Waals surface area contributed by atoms with E-state index in [-0.39, 0.29) is 11.9 Å². The Morgan fingerprint density at radius 3 is 2.80 bits per heavy atom. The molecule has 0 spiro atoms. The van der Waals surface area contributed by atoms with Gasteiger partial charge in [-0.2, -0.15) is 4.79 Å². The zero-order valence-corrected chi connectivity index (χ0v) is 11.1. The number of imide groups is 1. The first-order chi connectivity index (χ1) is 9.77. The number of hydrogen-bond acceptors (Lipinski definition) is 3. The number of para-hydroxylation sites is 2. The SMILES string of the molecule is O=C1c2c[nH+]c3ccccc3[n+]2C(=O)N1c1ccsc1. The minimum absolute atomic E-state index is 0.310. The van der Waals surface area contributed by atoms with Gasteiger partial charge in [0.25, 0.3) is 11.2 Å². The van der Waals surface area contributed by atoms with E-state index < -0.39 is 0 Å². The molecule has 1 aromatic carbocycles. The maximum Gasteiger partial charge on any atom is 0.512 e. The third-order valence-electron chi connectivity index (χ3n) is 3.32. The van der Waals surface area contributed by atoms with E-state index in [9.17, 15) is 9.59 Å². The molecule has 0 aliphatic carbocycles. The third-order valence-corrected chi connectivity index (χ3v) is 3.99. The van der Waals surface area contributed by atoms with Crippen LogP contribution in [0.2, 0.25) is 0 Å². The minimum Gasteiger partial charge on any atom is -0.236 e. The zero-order chi connectivity index (χ0) is 13.7. The lowest BCUT2D eigenvalue weighted by atomic mass is 10.3. The maximum atomic E-state index is 12.6. The van der Waals surface area contributed by atoms with Crippen LogP contribution < -0.4 is 14.5 Å². The fraction of sp³-hybridized carbons (Fsp3) is 0. The first kappa shape index (κ1) is 11.2. The molecule has 6 heteroatoms. The van der Waals surface area contributed by atoms with Gasteiger partial charge in [-0.05, 0) is 17.5 Å². The van der Waals surface area contributed by atoms with Crippen molar-refractivity contribution in [2.45, 2.75) is 0 Å². The van der Waals surface area contributed by atoms with E-state index >= 15 is 0 Å². The molecule has 2 aromatic heterocycles. The molecular weight excluding hydrogens is 274 g/mol. The number of H-pyrrole nitrogens is 1. The molecule has 1 aliphatic rings. The summed E-state index contributed by atoms with van der Waals surface area (Å²) in [6.45, 7) is 0. The first-order valence-corrected chi connectivity index (χ1v) is 6.98. The predicted molar refractivity (Wildman–Crippen MR) is 72.6 cm³/mol. The third kappa shape index (κ3) is 1.36. The molecule has 0 bridgehead atoms. The van der Waals surface area contributed by atoms with Crippen molar-refractivity contribution in [1.82, 2.24) is 0 Å². The molecule has 1 aliphatic heterocycles. The van der Waals surface area contributed by atoms with E-state index in [2.05, 4.69) is 4.98 Å². The Kier molecular flexibility index (Phi) is 2.22. The van der Waals surface area contributed by atoms with Crippen molar-refractivity contribution in [3.05, 3.63) is 53.0 Å². The number of aromatic nitrogens is 2. The Labute approximate surface area is 117 Å². The lowest BCUT2D eigenvalue weighted by molar-refractivity contribution is -0.551. The molecule has 0 saturated heterocycles. The fourth-order valence-corrected chi connectivity index (χ4v) is 3.03. The standard InChI is InChI=1S/C14H8N3O2S/c18-13-12-7-15-10-3-1-2-4-11(10)17(12)14(19)16(13)9-5-6-20-8-9/h1-8H/q+1/p+1. The molecule has 0 radical (unpaired) electrons. The summed E-state index contributed by atoms with van der Waals surface area (Å²) >= 11 is 1.45. The Morgan fingerprint density at radius 2 is 2.00 bits per heavy atom. The quantitative estimate of drug-likeness (QED) is 0.637. The minimum atomic E-state index is -0.339. The first-order valence-electron chi connectivity index (χ1n) is 6.04. The van der Waals surface area contributed by atoms with Crippen LogP contribution in [0.3, 0.4) is 0 Å². The number of fused-ring (bicyclic) bond motifs is 3. The normalized spacial score (nSPS) is 14.1. The highest BCUT2D eigenvalue weighted by Crippen LogP contribution is 2.23. The summed E-state index contributed by atoms with van der Waals surface area (Å²) in [5, 5.41) is 3.63. The molecule has 3 heterocycles. The number of anilines is 1. The molecule has 0 fully saturated rings. The molecule has 96 valence electrons. The number of amides is 2. The van der Waals surface area contributed by atoms with E-state index in [1.165, 1.54) is 20.8 Å². The number of nitrogens with zero attached hydrogens (tertiary/aromatic N) is 2. The highest BCUT2D eigenvalue weighted by atomic mass is 32.1. The van der Waals surface area contributed by atoms with E-state index in [1.54, 1.807) is 17.6 Å². The van der Waals surface area contributed by atoms with Crippen LogP contribution in [0.15, 0.2) is 47.3 Å². The van der Waals surface area contributed by atoms with Crippen LogP contribution in [-0.4, -0.2) is 11.9 Å². The molecule has 3 aromatic rings. The molecular formula is C14H9N3O2S+2. The smallest absolute Gasteiger partial charge is 0.236 e. The van der Waals surface area contributed by atoms with Crippen LogP contribution in [0.5, 0.6) is 0 Å². The molecule has 20 heavy (non-hydrogen) atoms. The highest BCUT2D eigenvalue weighted by Gasteiger charge is 2.49. The molecule has 4 rings (SSSR count). The molecule has 0 unspecified atom stereocenters. The largest absolute Gasteiger partial charge is 0.512 e. The summed E-state index contributed by atoms with van der Waals surface area (Å²) in [6, 6.07) is 8.83. The Morgan fingerprint density at radius 1 is 1.15 bits per heavy atom. The van der Waals surface area contributed by atoms with Gasteiger partial charge in [0.15, 0.2) is 5.69 Å². The lowest BCUT2D eigenvalue weighted by Crippen LogP contribution is -2.47. The van der Waals surface area contributed by atoms with E-state index in [0.717, 1.165) is 5.52 Å². The number of hydrogen-bond donors (Lipinski definition) is 0. The summed E-state index contributed by atoms with van der Waals surface area (Å²) in [5.41, 5.74) is 2.46. The van der Waals surface area contributed by atoms with Crippen molar-refractivity contribution < 1.29 is 19.1 Å². The van der Waals surface area contributed by atoms with Gasteiger partial charge in [0, 0.05) is 11.4 Å². The maximum absolute atomic E-state index is 12.6. The second kappa shape index (κ2) is 3.94. The van der Waals surface area contributed by atoms with Crippen LogP contribution >= 0.6 is 11.3 Å². The number of thiophene rings is 1. The number of nitrogens with one attached hydrogen (secondary N) is 1. The molecule has 0 saturated carbocycles. The van der Waals surface area contributed by atoms with Gasteiger partial charge >= 0.3 is 11.9 Å². The van der Waals surface area contributed by atoms with Crippen molar-refractivity contribution >= 4 is 40.0 Å². The summed E-state index contributed by atoms with van der Waals surface area (Å²) in [6.07, 6.45) is 1.58. The van der Waals surface area contributed by atoms with Crippen LogP contribution in [0, 0.1) is 0 Å². The second-order valence-electron chi connectivity index (χ2n) is 4.43. The van der Waals surface area contributed by atoms with Gasteiger partial charge < -0.3 is 0 Å². The second-order valence-corrected chi connectivity index (χ2v) is 5.21. The lowest BCUT2D eigenvalue weighted by Gasteiger charge is -1.99. The average molecular weight is 283 g/mol. The molecule has 5 nitrogen and oxygen atoms in total. The summed E-state index contributed by atoms with van der Waals surface area (Å²) in [4.78, 5) is 29.2. The van der Waals surface area contributed by atoms with Crippen LogP contribution in [0.1, 0.15) is 10.5 Å². The van der Waals surface area contributed by atoms with Gasteiger partial charge in [-0.3, -0.25) is 0 Å². The van der Waals surface area contributed by atoms with Gasteiger partial charge in [0.1, 0.15) is 0 Å². The summed E-state index contributed by atoms with van der Waals surface area (Å²) in [7, 11) is 0. The van der Waals surface area contributed by atoms with Crippen LogP contribution in [0.4, 0.5) is 10.5 Å². The van der Waals surface area contributed by atoms with Crippen LogP contribution in [-0.2, 0) is 0 Å². The zero-order valence-electron chi connectivity index (χ0n) is 10.2. The number of carbonyl (C=O) groups is 2. The van der Waals surface area contributed by atoms with E-state index in [4.69, 9.17) is 0 Å². The van der Waals surface area contributed by atoms with Crippen LogP contribution in [0.25, 0.3) is 11.0 Å². The van der Waals surface area contributed by atoms with Crippen molar-refractivity contribution in [2.75, 3.05) is 4.90 Å². The molecule has 0 atom stereocenters. The van der Waals surface area contributed by atoms with E-state index in [0.29, 0.717) is 16.9 Å². The molecule has 2 amide bonds. The Bertz CT molecular complexity index is 858. The highest BCUT2D eigenvalue weighted by molar-refractivity contribution is 7.08. The van der Waals surface area contributed by atoms with Gasteiger partial charge in [-0.25, -0.2) is 9.78 Å². The van der Waals surface area contributed by atoms with E-state index in [1.807, 2.05) is 29.6 Å².